The van der Waals surface area contributed by atoms with Crippen molar-refractivity contribution in [3.8, 4) is 17.0 Å². The lowest BCUT2D eigenvalue weighted by atomic mass is 10.0. The number of pyridine rings is 1. The highest BCUT2D eigenvalue weighted by molar-refractivity contribution is 7.90. The van der Waals surface area contributed by atoms with E-state index in [1.54, 1.807) is 0 Å². The van der Waals surface area contributed by atoms with Crippen LogP contribution in [0.1, 0.15) is 5.01 Å². The van der Waals surface area contributed by atoms with Gasteiger partial charge >= 0.3 is 0 Å². The Hall–Kier alpha value is -2.98. The van der Waals surface area contributed by atoms with E-state index in [0.29, 0.717) is 21.7 Å². The minimum atomic E-state index is -3.74. The lowest BCUT2D eigenvalue weighted by Gasteiger charge is -2.12. The van der Waals surface area contributed by atoms with Crippen molar-refractivity contribution in [1.29, 1.82) is 0 Å². The smallest absolute Gasteiger partial charge is 0.184 e. The zero-order chi connectivity index (χ0) is 20.6. The Morgan fingerprint density at radius 3 is 2.62 bits per heavy atom. The number of hydrogen-bond donors (Lipinski definition) is 0. The molecule has 0 spiro atoms. The highest BCUT2D eigenvalue weighted by Gasteiger charge is 2.20. The van der Waals surface area contributed by atoms with E-state index in [9.17, 15) is 17.2 Å². The molecule has 0 saturated heterocycles. The second kappa shape index (κ2) is 7.45. The molecule has 4 rings (SSSR count). The summed E-state index contributed by atoms with van der Waals surface area (Å²) >= 11 is 0.987. The van der Waals surface area contributed by atoms with E-state index < -0.39 is 21.5 Å². The molecule has 0 fully saturated rings. The number of sulfone groups is 1. The Bertz CT molecular complexity index is 1310. The summed E-state index contributed by atoms with van der Waals surface area (Å²) in [6.45, 7) is 0. The lowest BCUT2D eigenvalue weighted by Crippen LogP contribution is -2.05. The van der Waals surface area contributed by atoms with Gasteiger partial charge in [0.15, 0.2) is 9.84 Å². The number of aromatic nitrogens is 3. The highest BCUT2D eigenvalue weighted by atomic mass is 32.2. The van der Waals surface area contributed by atoms with Crippen molar-refractivity contribution in [2.45, 2.75) is 10.6 Å². The van der Waals surface area contributed by atoms with Gasteiger partial charge in [-0.3, -0.25) is 4.98 Å². The molecule has 0 unspecified atom stereocenters. The van der Waals surface area contributed by atoms with Crippen LogP contribution in [0, 0.1) is 11.6 Å². The highest BCUT2D eigenvalue weighted by Crippen LogP contribution is 2.35. The van der Waals surface area contributed by atoms with Gasteiger partial charge in [-0.25, -0.2) is 22.2 Å². The van der Waals surface area contributed by atoms with Gasteiger partial charge in [0.05, 0.1) is 23.9 Å². The molecule has 0 aliphatic heterocycles. The largest absolute Gasteiger partial charge is 0.496 e. The summed E-state index contributed by atoms with van der Waals surface area (Å²) in [4.78, 5) is 7.97. The van der Waals surface area contributed by atoms with Crippen LogP contribution < -0.4 is 4.74 Å². The quantitative estimate of drug-likeness (QED) is 0.473. The predicted molar refractivity (Wildman–Crippen MR) is 104 cm³/mol. The van der Waals surface area contributed by atoms with Crippen molar-refractivity contribution in [2.75, 3.05) is 7.11 Å². The Morgan fingerprint density at radius 2 is 1.90 bits per heavy atom. The van der Waals surface area contributed by atoms with E-state index in [1.165, 1.54) is 49.8 Å². The van der Waals surface area contributed by atoms with Crippen LogP contribution in [0.25, 0.3) is 22.0 Å². The third-order valence-electron chi connectivity index (χ3n) is 4.31. The fourth-order valence-corrected chi connectivity index (χ4v) is 5.09. The summed E-state index contributed by atoms with van der Waals surface area (Å²) in [5.74, 6) is -1.24. The van der Waals surface area contributed by atoms with E-state index in [2.05, 4.69) is 14.3 Å². The fourth-order valence-electron chi connectivity index (χ4n) is 2.96. The van der Waals surface area contributed by atoms with Gasteiger partial charge in [-0.15, -0.1) is 0 Å². The first-order chi connectivity index (χ1) is 13.9. The average molecular weight is 433 g/mol. The van der Waals surface area contributed by atoms with Crippen LogP contribution in [0.4, 0.5) is 8.78 Å². The number of fused-ring (bicyclic) bond motifs is 1. The molecule has 0 saturated carbocycles. The van der Waals surface area contributed by atoms with Crippen molar-refractivity contribution in [2.24, 2.45) is 0 Å². The van der Waals surface area contributed by atoms with Crippen molar-refractivity contribution in [1.82, 2.24) is 14.3 Å². The summed E-state index contributed by atoms with van der Waals surface area (Å²) in [5, 5.41) is 0.807. The second-order valence-corrected chi connectivity index (χ2v) is 8.96. The number of methoxy groups -OCH3 is 1. The molecule has 2 aromatic heterocycles. The molecular formula is C19H13F2N3O3S2. The third-order valence-corrected chi connectivity index (χ3v) is 6.78. The van der Waals surface area contributed by atoms with E-state index in [1.807, 2.05) is 0 Å². The third kappa shape index (κ3) is 3.68. The van der Waals surface area contributed by atoms with Crippen molar-refractivity contribution >= 4 is 32.1 Å². The monoisotopic (exact) mass is 433 g/mol. The van der Waals surface area contributed by atoms with E-state index >= 15 is 0 Å². The van der Waals surface area contributed by atoms with Crippen molar-refractivity contribution < 1.29 is 21.9 Å². The summed E-state index contributed by atoms with van der Waals surface area (Å²) in [6, 6.07) is 8.06. The van der Waals surface area contributed by atoms with Gasteiger partial charge in [0.2, 0.25) is 0 Å². The van der Waals surface area contributed by atoms with E-state index in [-0.39, 0.29) is 21.8 Å². The molecule has 2 heterocycles. The Labute approximate surface area is 168 Å². The van der Waals surface area contributed by atoms with Crippen molar-refractivity contribution in [3.05, 3.63) is 65.6 Å². The number of hydrogen-bond acceptors (Lipinski definition) is 7. The summed E-state index contributed by atoms with van der Waals surface area (Å²) in [7, 11) is -2.35. The van der Waals surface area contributed by atoms with Gasteiger partial charge < -0.3 is 4.74 Å². The molecule has 0 bridgehead atoms. The lowest BCUT2D eigenvalue weighted by molar-refractivity contribution is 0.413. The molecule has 0 aliphatic carbocycles. The standard InChI is InChI=1S/C19H13F2N3O3S2/c1-27-17-6-11(20)2-4-14(17)19-13-5-3-12(7-15(13)16(21)8-22-19)29(25,26)9-18-23-10-24-28-18/h2-8,10H,9H2,1H3. The van der Waals surface area contributed by atoms with Gasteiger partial charge in [-0.1, -0.05) is 6.07 Å². The molecular weight excluding hydrogens is 420 g/mol. The molecule has 0 aliphatic rings. The van der Waals surface area contributed by atoms with Gasteiger partial charge in [0.25, 0.3) is 0 Å². The number of benzene rings is 2. The molecule has 0 amide bonds. The fraction of sp³-hybridized carbons (Fsp3) is 0.105. The first-order valence-corrected chi connectivity index (χ1v) is 10.7. The van der Waals surface area contributed by atoms with Crippen LogP contribution in [0.3, 0.4) is 0 Å². The summed E-state index contributed by atoms with van der Waals surface area (Å²) in [6.07, 6.45) is 2.28. The molecule has 148 valence electrons. The van der Waals surface area contributed by atoms with E-state index in [0.717, 1.165) is 17.7 Å². The molecule has 6 nitrogen and oxygen atoms in total. The Morgan fingerprint density at radius 1 is 1.07 bits per heavy atom. The molecule has 0 radical (unpaired) electrons. The zero-order valence-electron chi connectivity index (χ0n) is 15.0. The van der Waals surface area contributed by atoms with Gasteiger partial charge in [-0.05, 0) is 35.8 Å². The molecule has 2 aromatic carbocycles. The molecule has 0 atom stereocenters. The zero-order valence-corrected chi connectivity index (χ0v) is 16.6. The molecule has 0 N–H and O–H groups in total. The topological polar surface area (TPSA) is 82.0 Å². The van der Waals surface area contributed by atoms with Crippen molar-refractivity contribution in [3.63, 3.8) is 0 Å². The number of halogens is 2. The van der Waals surface area contributed by atoms with Gasteiger partial charge in [-0.2, -0.15) is 4.37 Å². The molecule has 10 heteroatoms. The van der Waals surface area contributed by atoms with Crippen LogP contribution in [-0.2, 0) is 15.6 Å². The average Bonchev–Trinajstić information content (AvgIpc) is 3.20. The SMILES string of the molecule is COc1cc(F)ccc1-c1ncc(F)c2cc(S(=O)(=O)Cc3ncns3)ccc12. The summed E-state index contributed by atoms with van der Waals surface area (Å²) < 4.78 is 62.4. The molecule has 29 heavy (non-hydrogen) atoms. The summed E-state index contributed by atoms with van der Waals surface area (Å²) in [5.41, 5.74) is 0.815. The first-order valence-electron chi connectivity index (χ1n) is 8.29. The maximum Gasteiger partial charge on any atom is 0.184 e. The minimum absolute atomic E-state index is 0.0395. The number of rotatable bonds is 5. The number of ether oxygens (including phenoxy) is 1. The van der Waals surface area contributed by atoms with Gasteiger partial charge in [0.1, 0.15) is 34.5 Å². The second-order valence-electron chi connectivity index (χ2n) is 6.10. The van der Waals surface area contributed by atoms with Crippen LogP contribution in [0.2, 0.25) is 0 Å². The van der Waals surface area contributed by atoms with E-state index in [4.69, 9.17) is 4.74 Å². The maximum absolute atomic E-state index is 14.5. The minimum Gasteiger partial charge on any atom is -0.496 e. The number of nitrogens with zero attached hydrogens (tertiary/aromatic N) is 3. The predicted octanol–water partition coefficient (Wildman–Crippen LogP) is 4.01. The van der Waals surface area contributed by atoms with Crippen LogP contribution in [0.5, 0.6) is 5.75 Å². The van der Waals surface area contributed by atoms with Gasteiger partial charge in [0, 0.05) is 22.4 Å². The molecule has 4 aromatic rings. The van der Waals surface area contributed by atoms with Crippen LogP contribution >= 0.6 is 11.5 Å². The maximum atomic E-state index is 14.5. The Kier molecular flexibility index (Phi) is 4.97. The van der Waals surface area contributed by atoms with Crippen LogP contribution in [-0.4, -0.2) is 29.9 Å². The normalized spacial score (nSPS) is 11.7. The first kappa shape index (κ1) is 19.3. The van der Waals surface area contributed by atoms with Crippen LogP contribution in [0.15, 0.2) is 53.8 Å². The Balaban J connectivity index is 1.86.